The average Bonchev–Trinajstić information content (AvgIpc) is 3.41. The first-order valence-corrected chi connectivity index (χ1v) is 10.1. The lowest BCUT2D eigenvalue weighted by molar-refractivity contribution is -0.143. The Balaban J connectivity index is 2.06. The highest BCUT2D eigenvalue weighted by atomic mass is 16.4. The van der Waals surface area contributed by atoms with Gasteiger partial charge in [0, 0.05) is 24.9 Å². The Morgan fingerprint density at radius 1 is 1.32 bits per heavy atom. The normalized spacial score (nSPS) is 19.0. The van der Waals surface area contributed by atoms with Crippen molar-refractivity contribution in [3.05, 3.63) is 18.2 Å². The number of carboxylic acids is 1. The molecule has 0 saturated carbocycles. The van der Waals surface area contributed by atoms with Crippen molar-refractivity contribution < 1.29 is 29.4 Å². The SMILES string of the molecule is CC(C)C(NC(=O)C1CCCN1C(=O)C(N)CO)C(=O)NC(Cc1cnc[nH]1)C(=O)O. The Morgan fingerprint density at radius 3 is 2.58 bits per heavy atom. The largest absolute Gasteiger partial charge is 0.480 e. The predicted molar refractivity (Wildman–Crippen MR) is 108 cm³/mol. The smallest absolute Gasteiger partial charge is 0.326 e. The van der Waals surface area contributed by atoms with Gasteiger partial charge in [0.2, 0.25) is 17.7 Å². The summed E-state index contributed by atoms with van der Waals surface area (Å²) in [6.07, 6.45) is 3.87. The third kappa shape index (κ3) is 6.25. The molecule has 1 fully saturated rings. The van der Waals surface area contributed by atoms with Crippen molar-refractivity contribution in [3.8, 4) is 0 Å². The summed E-state index contributed by atoms with van der Waals surface area (Å²) in [4.78, 5) is 57.5. The molecule has 0 aromatic carbocycles. The van der Waals surface area contributed by atoms with E-state index in [2.05, 4.69) is 20.6 Å². The average molecular weight is 438 g/mol. The number of aliphatic carboxylic acids is 1. The number of hydrogen-bond donors (Lipinski definition) is 6. The lowest BCUT2D eigenvalue weighted by atomic mass is 10.0. The van der Waals surface area contributed by atoms with E-state index < -0.39 is 54.5 Å². The van der Waals surface area contributed by atoms with E-state index >= 15 is 0 Å². The summed E-state index contributed by atoms with van der Waals surface area (Å²) in [6, 6.07) is -4.13. The number of H-pyrrole nitrogens is 1. The second-order valence-corrected chi connectivity index (χ2v) is 7.89. The number of rotatable bonds is 10. The number of aliphatic hydroxyl groups excluding tert-OH is 1. The molecule has 2 heterocycles. The molecule has 3 amide bonds. The number of aromatic nitrogens is 2. The number of carboxylic acid groups (broad SMARTS) is 1. The molecule has 31 heavy (non-hydrogen) atoms. The molecule has 4 atom stereocenters. The first-order valence-electron chi connectivity index (χ1n) is 10.1. The second kappa shape index (κ2) is 10.9. The number of aromatic amines is 1. The van der Waals surface area contributed by atoms with E-state index in [1.54, 1.807) is 13.8 Å². The fourth-order valence-corrected chi connectivity index (χ4v) is 3.46. The van der Waals surface area contributed by atoms with E-state index in [1.165, 1.54) is 17.4 Å². The quantitative estimate of drug-likeness (QED) is 0.241. The minimum absolute atomic E-state index is 0.00376. The third-order valence-corrected chi connectivity index (χ3v) is 5.19. The number of hydrogen-bond acceptors (Lipinski definition) is 7. The Morgan fingerprint density at radius 2 is 2.03 bits per heavy atom. The molecule has 0 bridgehead atoms. The topological polar surface area (TPSA) is 191 Å². The Bertz CT molecular complexity index is 783. The fourth-order valence-electron chi connectivity index (χ4n) is 3.46. The van der Waals surface area contributed by atoms with Gasteiger partial charge in [-0.2, -0.15) is 0 Å². The van der Waals surface area contributed by atoms with Crippen LogP contribution in [-0.2, 0) is 25.6 Å². The van der Waals surface area contributed by atoms with Crippen LogP contribution in [0, 0.1) is 5.92 Å². The van der Waals surface area contributed by atoms with Gasteiger partial charge in [-0.05, 0) is 18.8 Å². The van der Waals surface area contributed by atoms with Crippen molar-refractivity contribution in [2.75, 3.05) is 13.2 Å². The number of nitrogens with two attached hydrogens (primary N) is 1. The van der Waals surface area contributed by atoms with E-state index in [9.17, 15) is 24.3 Å². The van der Waals surface area contributed by atoms with E-state index in [0.29, 0.717) is 25.1 Å². The maximum atomic E-state index is 12.8. The summed E-state index contributed by atoms with van der Waals surface area (Å²) in [5.41, 5.74) is 6.14. The van der Waals surface area contributed by atoms with Crippen LogP contribution in [0.1, 0.15) is 32.4 Å². The lowest BCUT2D eigenvalue weighted by Crippen LogP contribution is -2.58. The molecule has 4 unspecified atom stereocenters. The van der Waals surface area contributed by atoms with E-state index in [-0.39, 0.29) is 12.3 Å². The van der Waals surface area contributed by atoms with Gasteiger partial charge in [-0.3, -0.25) is 14.4 Å². The van der Waals surface area contributed by atoms with Gasteiger partial charge in [0.1, 0.15) is 24.2 Å². The number of carbonyl (C=O) groups excluding carboxylic acids is 3. The first-order chi connectivity index (χ1) is 14.6. The van der Waals surface area contributed by atoms with Crippen LogP contribution >= 0.6 is 0 Å². The van der Waals surface area contributed by atoms with E-state index in [1.807, 2.05) is 0 Å². The maximum absolute atomic E-state index is 12.8. The Hall–Kier alpha value is -2.99. The fraction of sp³-hybridized carbons (Fsp3) is 0.632. The van der Waals surface area contributed by atoms with Crippen LogP contribution in [0.3, 0.4) is 0 Å². The van der Waals surface area contributed by atoms with Gasteiger partial charge in [-0.25, -0.2) is 9.78 Å². The number of nitrogens with zero attached hydrogens (tertiary/aromatic N) is 2. The van der Waals surface area contributed by atoms with Gasteiger partial charge in [0.15, 0.2) is 0 Å². The molecule has 1 aromatic heterocycles. The second-order valence-electron chi connectivity index (χ2n) is 7.89. The van der Waals surface area contributed by atoms with Crippen LogP contribution in [-0.4, -0.2) is 86.1 Å². The van der Waals surface area contributed by atoms with E-state index in [0.717, 1.165) is 0 Å². The van der Waals surface area contributed by atoms with Gasteiger partial charge in [0.25, 0.3) is 0 Å². The van der Waals surface area contributed by atoms with Crippen LogP contribution in [0.15, 0.2) is 12.5 Å². The zero-order valence-electron chi connectivity index (χ0n) is 17.6. The highest BCUT2D eigenvalue weighted by molar-refractivity contribution is 5.94. The van der Waals surface area contributed by atoms with E-state index in [4.69, 9.17) is 10.8 Å². The molecular weight excluding hydrogens is 408 g/mol. The number of likely N-dealkylation sites (tertiary alicyclic amines) is 1. The minimum atomic E-state index is -1.22. The molecule has 0 spiro atoms. The summed E-state index contributed by atoms with van der Waals surface area (Å²) in [5.74, 6) is -3.25. The molecule has 1 aromatic rings. The van der Waals surface area contributed by atoms with Gasteiger partial charge in [-0.1, -0.05) is 13.8 Å². The molecule has 1 saturated heterocycles. The van der Waals surface area contributed by atoms with Crippen molar-refractivity contribution >= 4 is 23.7 Å². The van der Waals surface area contributed by atoms with Crippen molar-refractivity contribution in [2.45, 2.75) is 57.3 Å². The molecule has 0 aliphatic carbocycles. The van der Waals surface area contributed by atoms with Crippen LogP contribution in [0.5, 0.6) is 0 Å². The molecule has 7 N–H and O–H groups in total. The molecular formula is C19H30N6O6. The molecule has 172 valence electrons. The summed E-state index contributed by atoms with van der Waals surface area (Å²) < 4.78 is 0. The standard InChI is InChI=1S/C19H30N6O6/c1-10(2)15(17(28)23-13(19(30)31)6-11-7-21-9-22-11)24-16(27)14-4-3-5-25(14)18(29)12(20)8-26/h7,9-10,12-15,26H,3-6,8,20H2,1-2H3,(H,21,22)(H,23,28)(H,24,27)(H,30,31). The zero-order chi connectivity index (χ0) is 23.1. The molecule has 2 rings (SSSR count). The van der Waals surface area contributed by atoms with Crippen molar-refractivity contribution in [3.63, 3.8) is 0 Å². The highest BCUT2D eigenvalue weighted by Crippen LogP contribution is 2.19. The first kappa shape index (κ1) is 24.3. The maximum Gasteiger partial charge on any atom is 0.326 e. The lowest BCUT2D eigenvalue weighted by Gasteiger charge is -2.29. The highest BCUT2D eigenvalue weighted by Gasteiger charge is 2.38. The van der Waals surface area contributed by atoms with Gasteiger partial charge in [0.05, 0.1) is 12.9 Å². The van der Waals surface area contributed by atoms with Crippen LogP contribution in [0.4, 0.5) is 0 Å². The molecule has 0 radical (unpaired) electrons. The van der Waals surface area contributed by atoms with Gasteiger partial charge in [-0.15, -0.1) is 0 Å². The Kier molecular flexibility index (Phi) is 8.51. The molecule has 1 aliphatic heterocycles. The zero-order valence-corrected chi connectivity index (χ0v) is 17.6. The minimum Gasteiger partial charge on any atom is -0.480 e. The van der Waals surface area contributed by atoms with Gasteiger partial charge < -0.3 is 36.5 Å². The number of imidazole rings is 1. The van der Waals surface area contributed by atoms with Crippen molar-refractivity contribution in [1.82, 2.24) is 25.5 Å². The predicted octanol–water partition coefficient (Wildman–Crippen LogP) is -2.03. The molecule has 1 aliphatic rings. The molecule has 12 heteroatoms. The van der Waals surface area contributed by atoms with Crippen LogP contribution in [0.25, 0.3) is 0 Å². The van der Waals surface area contributed by atoms with Crippen LogP contribution in [0.2, 0.25) is 0 Å². The summed E-state index contributed by atoms with van der Waals surface area (Å²) >= 11 is 0. The number of aliphatic hydroxyl groups is 1. The van der Waals surface area contributed by atoms with Crippen molar-refractivity contribution in [2.24, 2.45) is 11.7 Å². The van der Waals surface area contributed by atoms with Gasteiger partial charge >= 0.3 is 5.97 Å². The summed E-state index contributed by atoms with van der Waals surface area (Å²) in [7, 11) is 0. The van der Waals surface area contributed by atoms with Crippen LogP contribution < -0.4 is 16.4 Å². The Labute approximate surface area is 179 Å². The summed E-state index contributed by atoms with van der Waals surface area (Å²) in [6.45, 7) is 3.23. The third-order valence-electron chi connectivity index (χ3n) is 5.19. The van der Waals surface area contributed by atoms with Crippen molar-refractivity contribution in [1.29, 1.82) is 0 Å². The number of amides is 3. The number of carbonyl (C=O) groups is 4. The monoisotopic (exact) mass is 438 g/mol. The summed E-state index contributed by atoms with van der Waals surface area (Å²) in [5, 5.41) is 23.7. The number of nitrogens with one attached hydrogen (secondary N) is 3. The molecule has 12 nitrogen and oxygen atoms in total.